The van der Waals surface area contributed by atoms with E-state index in [0.717, 1.165) is 105 Å². The molecule has 0 aliphatic rings. The van der Waals surface area contributed by atoms with Crippen LogP contribution >= 0.6 is 0 Å². The van der Waals surface area contributed by atoms with Crippen molar-refractivity contribution in [1.82, 2.24) is 24.5 Å². The Hall–Kier alpha value is -9.26. The highest BCUT2D eigenvalue weighted by atomic mass is 16.3. The summed E-state index contributed by atoms with van der Waals surface area (Å²) in [5, 5.41) is 4.22. The number of nitrogens with zero attached hydrogens (tertiary/aromatic N) is 5. The quantitative estimate of drug-likeness (QED) is 0.128. The number of hydrogen-bond donors (Lipinski definition) is 0. The van der Waals surface area contributed by atoms with Gasteiger partial charge in [-0.1, -0.05) is 183 Å². The minimum Gasteiger partial charge on any atom is -0.456 e. The summed E-state index contributed by atoms with van der Waals surface area (Å²) in [5.74, 6) is 1.51. The van der Waals surface area contributed by atoms with E-state index in [1.165, 1.54) is 0 Å². The Morgan fingerprint density at radius 1 is 0.464 bits per heavy atom. The predicted molar refractivity (Wildman–Crippen MR) is 285 cm³/mol. The van der Waals surface area contributed by atoms with Crippen LogP contribution in [0.2, 0.25) is 0 Å². The summed E-state index contributed by atoms with van der Waals surface area (Å²) in [4.78, 5) is 20.5. The van der Waals surface area contributed by atoms with E-state index >= 15 is 0 Å². The second-order valence-electron chi connectivity index (χ2n) is 17.1. The van der Waals surface area contributed by atoms with Crippen molar-refractivity contribution < 1.29 is 4.42 Å². The number of fused-ring (bicyclic) bond motifs is 6. The van der Waals surface area contributed by atoms with E-state index in [1.54, 1.807) is 0 Å². The minimum atomic E-state index is 0.447. The molecular weight excluding hydrogens is 843 g/mol. The first kappa shape index (κ1) is 41.2. The average molecular weight is 886 g/mol. The van der Waals surface area contributed by atoms with Gasteiger partial charge in [-0.2, -0.15) is 0 Å². The summed E-state index contributed by atoms with van der Waals surface area (Å²) < 4.78 is 8.77. The predicted octanol–water partition coefficient (Wildman–Crippen LogP) is 16.4. The summed E-state index contributed by atoms with van der Waals surface area (Å²) in [6.07, 6.45) is 10.0. The monoisotopic (exact) mass is 885 g/mol. The molecule has 4 heterocycles. The van der Waals surface area contributed by atoms with Crippen molar-refractivity contribution >= 4 is 49.3 Å². The van der Waals surface area contributed by atoms with Gasteiger partial charge in [-0.05, 0) is 82.8 Å². The van der Waals surface area contributed by atoms with Crippen molar-refractivity contribution in [2.75, 3.05) is 0 Å². The molecule has 0 saturated carbocycles. The van der Waals surface area contributed by atoms with Crippen LogP contribution in [0.1, 0.15) is 12.5 Å². The molecule has 0 unspecified atom stereocenters. The van der Waals surface area contributed by atoms with Crippen LogP contribution in [0.15, 0.2) is 242 Å². The van der Waals surface area contributed by atoms with Crippen LogP contribution < -0.4 is 0 Å². The highest BCUT2D eigenvalue weighted by molar-refractivity contribution is 6.13. The van der Waals surface area contributed by atoms with E-state index in [9.17, 15) is 0 Å². The van der Waals surface area contributed by atoms with Crippen LogP contribution in [-0.4, -0.2) is 24.5 Å². The fourth-order valence-corrected chi connectivity index (χ4v) is 9.41. The van der Waals surface area contributed by atoms with Gasteiger partial charge >= 0.3 is 0 Å². The smallest absolute Gasteiger partial charge is 0.182 e. The Balaban J connectivity index is 1.14. The highest BCUT2D eigenvalue weighted by Crippen LogP contribution is 2.45. The number of allylic oxidation sites excluding steroid dienone is 5. The third kappa shape index (κ3) is 7.60. The van der Waals surface area contributed by atoms with Crippen molar-refractivity contribution in [3.05, 3.63) is 243 Å². The first-order valence-corrected chi connectivity index (χ1v) is 23.1. The molecule has 8 aromatic carbocycles. The van der Waals surface area contributed by atoms with Crippen LogP contribution in [0.3, 0.4) is 0 Å². The highest BCUT2D eigenvalue weighted by Gasteiger charge is 2.24. The lowest BCUT2D eigenvalue weighted by atomic mass is 9.92. The summed E-state index contributed by atoms with van der Waals surface area (Å²) in [5.41, 5.74) is 15.5. The van der Waals surface area contributed by atoms with E-state index < -0.39 is 0 Å². The zero-order valence-electron chi connectivity index (χ0n) is 37.8. The van der Waals surface area contributed by atoms with Crippen LogP contribution in [0.25, 0.3) is 123 Å². The molecule has 0 aliphatic heterocycles. The molecule has 12 rings (SSSR count). The van der Waals surface area contributed by atoms with Crippen molar-refractivity contribution in [2.24, 2.45) is 0 Å². The Kier molecular flexibility index (Phi) is 10.5. The molecule has 0 saturated heterocycles. The number of aromatic nitrogens is 5. The average Bonchev–Trinajstić information content (AvgIpc) is 3.96. The maximum Gasteiger partial charge on any atom is 0.182 e. The number of hydrogen-bond acceptors (Lipinski definition) is 5. The molecule has 326 valence electrons. The number of para-hydroxylation sites is 1. The molecule has 12 aromatic rings. The van der Waals surface area contributed by atoms with Gasteiger partial charge in [-0.25, -0.2) is 15.0 Å². The largest absolute Gasteiger partial charge is 0.456 e. The second-order valence-corrected chi connectivity index (χ2v) is 17.1. The zero-order chi connectivity index (χ0) is 46.3. The molecule has 0 aliphatic carbocycles. The van der Waals surface area contributed by atoms with Gasteiger partial charge in [0.15, 0.2) is 17.5 Å². The Labute approximate surface area is 399 Å². The molecule has 0 spiro atoms. The van der Waals surface area contributed by atoms with E-state index in [1.807, 2.05) is 85.9 Å². The molecular formula is C63H43N5O. The maximum absolute atomic E-state index is 6.33. The minimum absolute atomic E-state index is 0.447. The lowest BCUT2D eigenvalue weighted by Crippen LogP contribution is -2.04. The zero-order valence-corrected chi connectivity index (χ0v) is 37.8. The first-order chi connectivity index (χ1) is 34.1. The molecule has 0 radical (unpaired) electrons. The van der Waals surface area contributed by atoms with Gasteiger partial charge in [0.05, 0.1) is 16.7 Å². The third-order valence-corrected chi connectivity index (χ3v) is 12.8. The molecule has 0 N–H and O–H groups in total. The molecule has 0 bridgehead atoms. The molecule has 0 atom stereocenters. The van der Waals surface area contributed by atoms with Crippen molar-refractivity contribution in [3.63, 3.8) is 0 Å². The SMILES string of the molecule is C=C(/C=C\C=C/C)c1ccc2c(c1)c1cc(-c3ccccc3)ccc1n2-c1c(-c2ccccc2)cc(-c2nc(-c3ccccc3)nc(-c3cc4oc5ccccc5c4cn3)n2)cc1-c1ccccc1. The Morgan fingerprint density at radius 2 is 1.03 bits per heavy atom. The van der Waals surface area contributed by atoms with Gasteiger partial charge in [0, 0.05) is 56.1 Å². The first-order valence-electron chi connectivity index (χ1n) is 23.1. The fourth-order valence-electron chi connectivity index (χ4n) is 9.41. The van der Waals surface area contributed by atoms with E-state index in [4.69, 9.17) is 24.4 Å². The van der Waals surface area contributed by atoms with E-state index in [0.29, 0.717) is 23.2 Å². The van der Waals surface area contributed by atoms with Crippen LogP contribution in [0.5, 0.6) is 0 Å². The Bertz CT molecular complexity index is 3900. The van der Waals surface area contributed by atoms with E-state index in [-0.39, 0.29) is 0 Å². The number of furan rings is 1. The number of pyridine rings is 1. The van der Waals surface area contributed by atoms with E-state index in [2.05, 4.69) is 163 Å². The lowest BCUT2D eigenvalue weighted by molar-refractivity contribution is 0.668. The van der Waals surface area contributed by atoms with Crippen molar-refractivity contribution in [2.45, 2.75) is 6.92 Å². The van der Waals surface area contributed by atoms with Gasteiger partial charge in [0.1, 0.15) is 16.9 Å². The maximum atomic E-state index is 6.33. The summed E-state index contributed by atoms with van der Waals surface area (Å²) >= 11 is 0. The molecule has 4 aromatic heterocycles. The summed E-state index contributed by atoms with van der Waals surface area (Å²) in [6.45, 7) is 6.50. The summed E-state index contributed by atoms with van der Waals surface area (Å²) in [6, 6.07) is 69.8. The molecule has 6 nitrogen and oxygen atoms in total. The molecule has 6 heteroatoms. The molecule has 69 heavy (non-hydrogen) atoms. The second kappa shape index (κ2) is 17.5. The number of rotatable bonds is 10. The van der Waals surface area contributed by atoms with Crippen LogP contribution in [0, 0.1) is 0 Å². The van der Waals surface area contributed by atoms with Gasteiger partial charge in [-0.15, -0.1) is 0 Å². The van der Waals surface area contributed by atoms with Crippen LogP contribution in [-0.2, 0) is 0 Å². The lowest BCUT2D eigenvalue weighted by Gasteiger charge is -2.21. The van der Waals surface area contributed by atoms with Crippen molar-refractivity contribution in [3.8, 4) is 73.4 Å². The standard InChI is InChI=1S/C63H43N5O/c1-3-4-9-20-41(2)46-31-33-56-52(35-46)53-36-47(42-21-10-5-11-22-42)32-34-57(53)68(56)60-50(43-23-12-6-13-24-43)37-48(38-51(60)44-25-14-7-15-26-44)62-65-61(45-27-16-8-17-28-45)66-63(67-62)55-39-59-54(40-64-55)49-29-18-19-30-58(49)69-59/h3-40H,2H2,1H3/b4-3-,20-9-. The summed E-state index contributed by atoms with van der Waals surface area (Å²) in [7, 11) is 0. The van der Waals surface area contributed by atoms with Gasteiger partial charge in [0.2, 0.25) is 0 Å². The topological polar surface area (TPSA) is 69.6 Å². The normalized spacial score (nSPS) is 11.8. The Morgan fingerprint density at radius 3 is 1.70 bits per heavy atom. The third-order valence-electron chi connectivity index (χ3n) is 12.8. The number of benzene rings is 8. The van der Waals surface area contributed by atoms with Gasteiger partial charge in [0.25, 0.3) is 0 Å². The molecule has 0 fully saturated rings. The van der Waals surface area contributed by atoms with Gasteiger partial charge < -0.3 is 8.98 Å². The fraction of sp³-hybridized carbons (Fsp3) is 0.0159. The van der Waals surface area contributed by atoms with Crippen molar-refractivity contribution in [1.29, 1.82) is 0 Å². The van der Waals surface area contributed by atoms with Crippen LogP contribution in [0.4, 0.5) is 0 Å². The molecule has 0 amide bonds. The van der Waals surface area contributed by atoms with Gasteiger partial charge in [-0.3, -0.25) is 4.98 Å².